The van der Waals surface area contributed by atoms with Crippen molar-refractivity contribution in [1.82, 2.24) is 24.4 Å². The smallest absolute Gasteiger partial charge is 0.241 e. The van der Waals surface area contributed by atoms with Gasteiger partial charge in [-0.05, 0) is 6.07 Å². The number of hydrogen-bond donors (Lipinski definition) is 0. The molecule has 0 unspecified atom stereocenters. The first-order chi connectivity index (χ1) is 8.24. The van der Waals surface area contributed by atoms with E-state index in [-0.39, 0.29) is 12.4 Å². The lowest BCUT2D eigenvalue weighted by atomic mass is 10.2. The van der Waals surface area contributed by atoms with Gasteiger partial charge in [0.15, 0.2) is 0 Å². The minimum atomic E-state index is -2.62. The number of aromatic nitrogens is 5. The lowest BCUT2D eigenvalue weighted by Gasteiger charge is -1.95. The van der Waals surface area contributed by atoms with E-state index >= 15 is 0 Å². The highest BCUT2D eigenvalue weighted by molar-refractivity contribution is 5.85. The molecule has 0 spiro atoms. The van der Waals surface area contributed by atoms with Crippen molar-refractivity contribution in [2.24, 2.45) is 0 Å². The van der Waals surface area contributed by atoms with E-state index in [0.29, 0.717) is 10.2 Å². The van der Waals surface area contributed by atoms with Crippen molar-refractivity contribution in [2.75, 3.05) is 0 Å². The summed E-state index contributed by atoms with van der Waals surface area (Å²) in [6, 6.07) is 1.81. The molecule has 0 saturated carbocycles. The van der Waals surface area contributed by atoms with Gasteiger partial charge in [-0.25, -0.2) is 14.2 Å². The Balaban J connectivity index is 0.00000120. The van der Waals surface area contributed by atoms with Gasteiger partial charge in [0.25, 0.3) is 0 Å². The SMILES string of the molecule is Cl.FC(F)n1cc(-c2cc3cncnn3c2)cn1. The molecule has 0 atom stereocenters. The molecule has 0 N–H and O–H groups in total. The molecule has 0 aliphatic heterocycles. The van der Waals surface area contributed by atoms with Crippen LogP contribution < -0.4 is 0 Å². The van der Waals surface area contributed by atoms with E-state index in [4.69, 9.17) is 0 Å². The quantitative estimate of drug-likeness (QED) is 0.719. The van der Waals surface area contributed by atoms with Crippen molar-refractivity contribution in [1.29, 1.82) is 0 Å². The fourth-order valence-corrected chi connectivity index (χ4v) is 1.61. The highest BCUT2D eigenvalue weighted by Crippen LogP contribution is 2.22. The van der Waals surface area contributed by atoms with Crippen LogP contribution in [-0.4, -0.2) is 24.4 Å². The number of rotatable bonds is 2. The van der Waals surface area contributed by atoms with E-state index in [2.05, 4.69) is 15.2 Å². The van der Waals surface area contributed by atoms with Crippen LogP contribution in [-0.2, 0) is 0 Å². The molecule has 0 fully saturated rings. The highest BCUT2D eigenvalue weighted by Gasteiger charge is 2.10. The molecule has 3 rings (SSSR count). The topological polar surface area (TPSA) is 48.0 Å². The first kappa shape index (κ1) is 12.4. The zero-order valence-corrected chi connectivity index (χ0v) is 9.76. The van der Waals surface area contributed by atoms with Gasteiger partial charge in [0.1, 0.15) is 6.33 Å². The second-order valence-corrected chi connectivity index (χ2v) is 3.49. The molecule has 0 saturated heterocycles. The summed E-state index contributed by atoms with van der Waals surface area (Å²) in [6.45, 7) is -2.62. The van der Waals surface area contributed by atoms with Crippen molar-refractivity contribution in [3.63, 3.8) is 0 Å². The largest absolute Gasteiger partial charge is 0.333 e. The van der Waals surface area contributed by atoms with Gasteiger partial charge in [-0.1, -0.05) is 0 Å². The Morgan fingerprint density at radius 3 is 2.56 bits per heavy atom. The van der Waals surface area contributed by atoms with Crippen LogP contribution in [0.25, 0.3) is 16.6 Å². The van der Waals surface area contributed by atoms with E-state index in [9.17, 15) is 8.78 Å². The van der Waals surface area contributed by atoms with Crippen molar-refractivity contribution in [3.8, 4) is 11.1 Å². The minimum Gasteiger partial charge on any atom is -0.241 e. The third kappa shape index (κ3) is 2.04. The van der Waals surface area contributed by atoms with Crippen LogP contribution in [0.15, 0.2) is 37.2 Å². The van der Waals surface area contributed by atoms with Gasteiger partial charge in [0.05, 0.1) is 17.9 Å². The fourth-order valence-electron chi connectivity index (χ4n) is 1.61. The van der Waals surface area contributed by atoms with Gasteiger partial charge in [-0.2, -0.15) is 19.0 Å². The standard InChI is InChI=1S/C10H7F2N5.ClH/c11-10(12)17-5-8(2-14-17)7-1-9-3-13-6-15-16(9)4-7;/h1-6,10H;1H. The second-order valence-electron chi connectivity index (χ2n) is 3.49. The molecule has 0 amide bonds. The Kier molecular flexibility index (Phi) is 3.24. The molecule has 5 nitrogen and oxygen atoms in total. The highest BCUT2D eigenvalue weighted by atomic mass is 35.5. The average Bonchev–Trinajstić information content (AvgIpc) is 2.95. The predicted octanol–water partition coefficient (Wildman–Crippen LogP) is 2.41. The summed E-state index contributed by atoms with van der Waals surface area (Å²) >= 11 is 0. The number of halogens is 3. The van der Waals surface area contributed by atoms with Crippen molar-refractivity contribution < 1.29 is 8.78 Å². The van der Waals surface area contributed by atoms with E-state index in [1.165, 1.54) is 18.7 Å². The van der Waals surface area contributed by atoms with Gasteiger partial charge in [0, 0.05) is 23.5 Å². The van der Waals surface area contributed by atoms with Crippen molar-refractivity contribution >= 4 is 17.9 Å². The third-order valence-corrected chi connectivity index (χ3v) is 2.41. The van der Waals surface area contributed by atoms with E-state index < -0.39 is 6.55 Å². The van der Waals surface area contributed by atoms with E-state index in [1.54, 1.807) is 16.9 Å². The molecule has 0 aliphatic carbocycles. The van der Waals surface area contributed by atoms with Gasteiger partial charge < -0.3 is 0 Å². The lowest BCUT2D eigenvalue weighted by Crippen LogP contribution is -1.96. The predicted molar refractivity (Wildman–Crippen MR) is 62.7 cm³/mol. The summed E-state index contributed by atoms with van der Waals surface area (Å²) in [4.78, 5) is 3.88. The Morgan fingerprint density at radius 1 is 1.06 bits per heavy atom. The van der Waals surface area contributed by atoms with Crippen LogP contribution >= 0.6 is 12.4 Å². The molecule has 94 valence electrons. The normalized spacial score (nSPS) is 10.8. The molecule has 3 aromatic rings. The Morgan fingerprint density at radius 2 is 1.89 bits per heavy atom. The fraction of sp³-hybridized carbons (Fsp3) is 0.100. The maximum absolute atomic E-state index is 12.4. The number of fused-ring (bicyclic) bond motifs is 1. The van der Waals surface area contributed by atoms with Crippen LogP contribution in [0, 0.1) is 0 Å². The average molecular weight is 272 g/mol. The number of alkyl halides is 2. The van der Waals surface area contributed by atoms with Crippen LogP contribution in [0.5, 0.6) is 0 Å². The first-order valence-corrected chi connectivity index (χ1v) is 4.85. The maximum atomic E-state index is 12.4. The van der Waals surface area contributed by atoms with Gasteiger partial charge in [-0.3, -0.25) is 0 Å². The first-order valence-electron chi connectivity index (χ1n) is 4.85. The summed E-state index contributed by atoms with van der Waals surface area (Å²) in [5, 5.41) is 7.58. The van der Waals surface area contributed by atoms with Crippen LogP contribution in [0.3, 0.4) is 0 Å². The summed E-state index contributed by atoms with van der Waals surface area (Å²) < 4.78 is 27.0. The molecule has 3 heterocycles. The molecule has 18 heavy (non-hydrogen) atoms. The Labute approximate surface area is 106 Å². The zero-order valence-electron chi connectivity index (χ0n) is 8.94. The van der Waals surface area contributed by atoms with Gasteiger partial charge >= 0.3 is 6.55 Å². The maximum Gasteiger partial charge on any atom is 0.333 e. The summed E-state index contributed by atoms with van der Waals surface area (Å²) in [5.74, 6) is 0. The second kappa shape index (κ2) is 4.69. The Hall–Kier alpha value is -2.02. The van der Waals surface area contributed by atoms with E-state index in [1.807, 2.05) is 6.07 Å². The van der Waals surface area contributed by atoms with E-state index in [0.717, 1.165) is 11.1 Å². The molecule has 3 aromatic heterocycles. The minimum absolute atomic E-state index is 0. The lowest BCUT2D eigenvalue weighted by molar-refractivity contribution is 0.0566. The van der Waals surface area contributed by atoms with Crippen molar-refractivity contribution in [3.05, 3.63) is 37.2 Å². The molecular formula is C10H8ClF2N5. The van der Waals surface area contributed by atoms with Gasteiger partial charge in [-0.15, -0.1) is 12.4 Å². The monoisotopic (exact) mass is 271 g/mol. The summed E-state index contributed by atoms with van der Waals surface area (Å²) in [7, 11) is 0. The molecule has 8 heteroatoms. The van der Waals surface area contributed by atoms with Crippen LogP contribution in [0.1, 0.15) is 6.55 Å². The third-order valence-electron chi connectivity index (χ3n) is 2.41. The molecule has 0 radical (unpaired) electrons. The van der Waals surface area contributed by atoms with Gasteiger partial charge in [0.2, 0.25) is 0 Å². The molecule has 0 bridgehead atoms. The molecule has 0 aromatic carbocycles. The summed E-state index contributed by atoms with van der Waals surface area (Å²) in [5.41, 5.74) is 2.19. The summed E-state index contributed by atoms with van der Waals surface area (Å²) in [6.07, 6.45) is 7.50. The zero-order chi connectivity index (χ0) is 11.8. The Bertz CT molecular complexity index is 630. The number of hydrogen-bond acceptors (Lipinski definition) is 3. The molecular weight excluding hydrogens is 264 g/mol. The van der Waals surface area contributed by atoms with Crippen molar-refractivity contribution in [2.45, 2.75) is 6.55 Å². The van der Waals surface area contributed by atoms with Crippen LogP contribution in [0.2, 0.25) is 0 Å². The molecule has 0 aliphatic rings. The number of nitrogens with zero attached hydrogens (tertiary/aromatic N) is 5. The van der Waals surface area contributed by atoms with Crippen LogP contribution in [0.4, 0.5) is 8.78 Å².